The second-order valence-corrected chi connectivity index (χ2v) is 7.96. The van der Waals surface area contributed by atoms with Crippen molar-refractivity contribution in [2.75, 3.05) is 0 Å². The Morgan fingerprint density at radius 3 is 2.50 bits per heavy atom. The van der Waals surface area contributed by atoms with Crippen molar-refractivity contribution >= 4 is 27.8 Å². The standard InChI is InChI=1S/C23H25N5O2/c1-15(2)12-19(22-26-18-10-6-7-11-20(18)27(22)3)25-21(29)13-28-14-24-17-9-5-4-8-16(17)23(28)30/h4-11,14-15,19H,12-13H2,1-3H3,(H,25,29)/t19-/m0/s1. The van der Waals surface area contributed by atoms with E-state index in [1.54, 1.807) is 18.2 Å². The Kier molecular flexibility index (Phi) is 5.35. The third-order valence-corrected chi connectivity index (χ3v) is 5.22. The summed E-state index contributed by atoms with van der Waals surface area (Å²) in [5, 5.41) is 3.58. The molecule has 1 atom stereocenters. The quantitative estimate of drug-likeness (QED) is 0.536. The number of amides is 1. The van der Waals surface area contributed by atoms with Gasteiger partial charge >= 0.3 is 0 Å². The summed E-state index contributed by atoms with van der Waals surface area (Å²) in [6, 6.07) is 14.8. The summed E-state index contributed by atoms with van der Waals surface area (Å²) in [4.78, 5) is 34.6. The number of aryl methyl sites for hydroxylation is 1. The van der Waals surface area contributed by atoms with E-state index in [-0.39, 0.29) is 24.1 Å². The van der Waals surface area contributed by atoms with Gasteiger partial charge in [0.2, 0.25) is 5.91 Å². The normalized spacial score (nSPS) is 12.5. The van der Waals surface area contributed by atoms with Gasteiger partial charge in [-0.15, -0.1) is 0 Å². The third-order valence-electron chi connectivity index (χ3n) is 5.22. The van der Waals surface area contributed by atoms with Crippen molar-refractivity contribution in [1.82, 2.24) is 24.4 Å². The molecule has 1 N–H and O–H groups in total. The van der Waals surface area contributed by atoms with Crippen molar-refractivity contribution in [3.8, 4) is 0 Å². The highest BCUT2D eigenvalue weighted by Gasteiger charge is 2.22. The summed E-state index contributed by atoms with van der Waals surface area (Å²) in [5.41, 5.74) is 2.31. The zero-order valence-electron chi connectivity index (χ0n) is 17.4. The first kappa shape index (κ1) is 19.8. The molecule has 0 unspecified atom stereocenters. The number of hydrogen-bond acceptors (Lipinski definition) is 4. The summed E-state index contributed by atoms with van der Waals surface area (Å²) >= 11 is 0. The summed E-state index contributed by atoms with van der Waals surface area (Å²) in [6.07, 6.45) is 2.17. The topological polar surface area (TPSA) is 81.8 Å². The van der Waals surface area contributed by atoms with Crippen LogP contribution < -0.4 is 10.9 Å². The van der Waals surface area contributed by atoms with Crippen molar-refractivity contribution in [3.05, 3.63) is 71.0 Å². The summed E-state index contributed by atoms with van der Waals surface area (Å²) in [7, 11) is 1.96. The molecule has 2 aromatic carbocycles. The molecule has 7 nitrogen and oxygen atoms in total. The molecule has 1 amide bonds. The molecule has 154 valence electrons. The van der Waals surface area contributed by atoms with Crippen LogP contribution in [0.1, 0.15) is 32.1 Å². The zero-order valence-corrected chi connectivity index (χ0v) is 17.4. The summed E-state index contributed by atoms with van der Waals surface area (Å²) in [5.74, 6) is 0.925. The van der Waals surface area contributed by atoms with E-state index in [9.17, 15) is 9.59 Å². The van der Waals surface area contributed by atoms with Crippen LogP contribution in [0.4, 0.5) is 0 Å². The summed E-state index contributed by atoms with van der Waals surface area (Å²) < 4.78 is 3.37. The number of hydrogen-bond donors (Lipinski definition) is 1. The molecule has 4 aromatic rings. The molecule has 30 heavy (non-hydrogen) atoms. The average molecular weight is 403 g/mol. The second-order valence-electron chi connectivity index (χ2n) is 7.96. The fraction of sp³-hybridized carbons (Fsp3) is 0.304. The number of carbonyl (C=O) groups excluding carboxylic acids is 1. The SMILES string of the molecule is CC(C)C[C@H](NC(=O)Cn1cnc2ccccc2c1=O)c1nc2ccccc2n1C. The van der Waals surface area contributed by atoms with Gasteiger partial charge in [-0.1, -0.05) is 38.1 Å². The van der Waals surface area contributed by atoms with Gasteiger partial charge in [0.1, 0.15) is 12.4 Å². The Morgan fingerprint density at radius 2 is 1.77 bits per heavy atom. The van der Waals surface area contributed by atoms with Crippen molar-refractivity contribution in [3.63, 3.8) is 0 Å². The van der Waals surface area contributed by atoms with Gasteiger partial charge in [0.25, 0.3) is 5.56 Å². The Hall–Kier alpha value is -3.48. The number of para-hydroxylation sites is 3. The molecule has 7 heteroatoms. The van der Waals surface area contributed by atoms with Crippen molar-refractivity contribution in [2.45, 2.75) is 32.9 Å². The van der Waals surface area contributed by atoms with Gasteiger partial charge in [0.15, 0.2) is 0 Å². The molecule has 2 aromatic heterocycles. The van der Waals surface area contributed by atoms with E-state index >= 15 is 0 Å². The monoisotopic (exact) mass is 403 g/mol. The molecule has 0 radical (unpaired) electrons. The molecule has 0 saturated carbocycles. The maximum Gasteiger partial charge on any atom is 0.261 e. The van der Waals surface area contributed by atoms with Crippen molar-refractivity contribution < 1.29 is 4.79 Å². The highest BCUT2D eigenvalue weighted by atomic mass is 16.2. The van der Waals surface area contributed by atoms with Crippen LogP contribution in [0.3, 0.4) is 0 Å². The molecule has 0 aliphatic heterocycles. The lowest BCUT2D eigenvalue weighted by Crippen LogP contribution is -2.36. The van der Waals surface area contributed by atoms with Crippen LogP contribution in [0.25, 0.3) is 21.9 Å². The number of nitrogens with one attached hydrogen (secondary N) is 1. The molecule has 0 aliphatic rings. The van der Waals surface area contributed by atoms with Crippen LogP contribution >= 0.6 is 0 Å². The van der Waals surface area contributed by atoms with Gasteiger partial charge in [0, 0.05) is 7.05 Å². The molecule has 4 rings (SSSR count). The maximum atomic E-state index is 12.9. The lowest BCUT2D eigenvalue weighted by molar-refractivity contribution is -0.122. The van der Waals surface area contributed by atoms with Gasteiger partial charge in [-0.2, -0.15) is 0 Å². The Labute approximate surface area is 174 Å². The van der Waals surface area contributed by atoms with Gasteiger partial charge in [-0.05, 0) is 36.6 Å². The Morgan fingerprint density at radius 1 is 1.07 bits per heavy atom. The average Bonchev–Trinajstić information content (AvgIpc) is 3.06. The van der Waals surface area contributed by atoms with E-state index in [1.165, 1.54) is 10.9 Å². The number of benzene rings is 2. The van der Waals surface area contributed by atoms with Crippen molar-refractivity contribution in [2.24, 2.45) is 13.0 Å². The van der Waals surface area contributed by atoms with Crippen LogP contribution in [-0.2, 0) is 18.4 Å². The molecule has 0 bridgehead atoms. The van der Waals surface area contributed by atoms with Crippen LogP contribution in [-0.4, -0.2) is 25.0 Å². The first-order chi connectivity index (χ1) is 14.4. The van der Waals surface area contributed by atoms with Crippen LogP contribution in [0, 0.1) is 5.92 Å². The predicted octanol–water partition coefficient (Wildman–Crippen LogP) is 3.19. The van der Waals surface area contributed by atoms with E-state index < -0.39 is 0 Å². The number of fused-ring (bicyclic) bond motifs is 2. The van der Waals surface area contributed by atoms with Gasteiger partial charge in [0.05, 0.1) is 34.3 Å². The number of nitrogens with zero attached hydrogens (tertiary/aromatic N) is 4. The number of carbonyl (C=O) groups is 1. The van der Waals surface area contributed by atoms with Gasteiger partial charge < -0.3 is 9.88 Å². The van der Waals surface area contributed by atoms with E-state index in [1.807, 2.05) is 41.9 Å². The Balaban J connectivity index is 1.60. The van der Waals surface area contributed by atoms with E-state index in [0.717, 1.165) is 23.3 Å². The van der Waals surface area contributed by atoms with Crippen molar-refractivity contribution in [1.29, 1.82) is 0 Å². The van der Waals surface area contributed by atoms with E-state index in [2.05, 4.69) is 24.1 Å². The van der Waals surface area contributed by atoms with E-state index in [4.69, 9.17) is 4.98 Å². The number of rotatable bonds is 6. The molecule has 0 spiro atoms. The van der Waals surface area contributed by atoms with Crippen LogP contribution in [0.5, 0.6) is 0 Å². The largest absolute Gasteiger partial charge is 0.345 e. The van der Waals surface area contributed by atoms with Gasteiger partial charge in [-0.25, -0.2) is 9.97 Å². The first-order valence-corrected chi connectivity index (χ1v) is 10.1. The molecular weight excluding hydrogens is 378 g/mol. The lowest BCUT2D eigenvalue weighted by atomic mass is 10.0. The molecule has 0 saturated heterocycles. The minimum atomic E-state index is -0.251. The zero-order chi connectivity index (χ0) is 21.3. The highest BCUT2D eigenvalue weighted by Crippen LogP contribution is 2.24. The third kappa shape index (κ3) is 3.83. The number of imidazole rings is 1. The molecule has 0 aliphatic carbocycles. The first-order valence-electron chi connectivity index (χ1n) is 10.1. The molecule has 2 heterocycles. The predicted molar refractivity (Wildman–Crippen MR) is 117 cm³/mol. The fourth-order valence-electron chi connectivity index (χ4n) is 3.79. The second kappa shape index (κ2) is 8.10. The summed E-state index contributed by atoms with van der Waals surface area (Å²) in [6.45, 7) is 4.13. The molecular formula is C23H25N5O2. The lowest BCUT2D eigenvalue weighted by Gasteiger charge is -2.21. The maximum absolute atomic E-state index is 12.9. The molecule has 0 fully saturated rings. The fourth-order valence-corrected chi connectivity index (χ4v) is 3.79. The smallest absolute Gasteiger partial charge is 0.261 e. The minimum absolute atomic E-state index is 0.0881. The minimum Gasteiger partial charge on any atom is -0.345 e. The number of aromatic nitrogens is 4. The van der Waals surface area contributed by atoms with Crippen LogP contribution in [0.15, 0.2) is 59.7 Å². The Bertz CT molecular complexity index is 1270. The van der Waals surface area contributed by atoms with Crippen LogP contribution in [0.2, 0.25) is 0 Å². The highest BCUT2D eigenvalue weighted by molar-refractivity contribution is 5.79. The van der Waals surface area contributed by atoms with Gasteiger partial charge in [-0.3, -0.25) is 14.2 Å². The van der Waals surface area contributed by atoms with E-state index in [0.29, 0.717) is 16.8 Å².